The molecule has 0 aliphatic rings. The van der Waals surface area contributed by atoms with Gasteiger partial charge in [-0.2, -0.15) is 13.2 Å². The maximum Gasteiger partial charge on any atom is 0.416 e. The highest BCUT2D eigenvalue weighted by atomic mass is 19.4. The van der Waals surface area contributed by atoms with Gasteiger partial charge in [-0.1, -0.05) is 12.1 Å². The van der Waals surface area contributed by atoms with Gasteiger partial charge in [-0.05, 0) is 61.0 Å². The van der Waals surface area contributed by atoms with E-state index in [1.165, 1.54) is 12.1 Å². The molecule has 0 bridgehead atoms. The molecule has 2 aromatic carbocycles. The topological polar surface area (TPSA) is 79.8 Å². The van der Waals surface area contributed by atoms with Gasteiger partial charge in [0.1, 0.15) is 0 Å². The lowest BCUT2D eigenvalue weighted by atomic mass is 10.1. The monoisotopic (exact) mass is 449 g/mol. The van der Waals surface area contributed by atoms with Crippen molar-refractivity contribution in [1.29, 1.82) is 0 Å². The van der Waals surface area contributed by atoms with Crippen molar-refractivity contribution in [3.63, 3.8) is 0 Å². The molecule has 2 N–H and O–H groups in total. The summed E-state index contributed by atoms with van der Waals surface area (Å²) in [6.45, 7) is 1.85. The molecule has 0 unspecified atom stereocenters. The number of hydrogen-bond acceptors (Lipinski definition) is 5. The predicted molar refractivity (Wildman–Crippen MR) is 119 cm³/mol. The zero-order valence-corrected chi connectivity index (χ0v) is 17.4. The van der Waals surface area contributed by atoms with Crippen LogP contribution in [0.4, 0.5) is 30.5 Å². The molecular formula is C24H18F3N5O. The Morgan fingerprint density at radius 2 is 1.82 bits per heavy atom. The summed E-state index contributed by atoms with van der Waals surface area (Å²) in [5.41, 5.74) is 2.42. The van der Waals surface area contributed by atoms with Gasteiger partial charge in [-0.15, -0.1) is 0 Å². The van der Waals surface area contributed by atoms with Gasteiger partial charge in [-0.3, -0.25) is 9.78 Å². The average molecular weight is 449 g/mol. The lowest BCUT2D eigenvalue weighted by Crippen LogP contribution is -2.13. The Morgan fingerprint density at radius 3 is 2.58 bits per heavy atom. The van der Waals surface area contributed by atoms with Crippen LogP contribution in [-0.4, -0.2) is 20.9 Å². The molecule has 4 rings (SSSR count). The number of amides is 1. The van der Waals surface area contributed by atoms with Gasteiger partial charge < -0.3 is 10.6 Å². The number of benzene rings is 2. The standard InChI is InChI=1S/C24H18F3N5O/c1-15-7-8-16(22(33)30-19-6-2-5-18(13-19)24(25,26)27)12-21(15)32-23-29-11-9-20(31-23)17-4-3-10-28-14-17/h2-14H,1H3,(H,30,33)(H,29,31,32). The van der Waals surface area contributed by atoms with Crippen molar-refractivity contribution in [3.8, 4) is 11.3 Å². The van der Waals surface area contributed by atoms with E-state index in [1.54, 1.807) is 48.9 Å². The van der Waals surface area contributed by atoms with Crippen molar-refractivity contribution in [3.05, 3.63) is 95.9 Å². The number of alkyl halides is 3. The Kier molecular flexibility index (Phi) is 6.03. The number of hydrogen-bond donors (Lipinski definition) is 2. The van der Waals surface area contributed by atoms with Crippen LogP contribution in [-0.2, 0) is 6.18 Å². The first-order chi connectivity index (χ1) is 15.8. The lowest BCUT2D eigenvalue weighted by Gasteiger charge is -2.12. The van der Waals surface area contributed by atoms with Crippen molar-refractivity contribution < 1.29 is 18.0 Å². The maximum absolute atomic E-state index is 12.9. The van der Waals surface area contributed by atoms with Gasteiger partial charge in [0.05, 0.1) is 11.3 Å². The number of halogens is 3. The minimum Gasteiger partial charge on any atom is -0.324 e. The number of nitrogens with one attached hydrogen (secondary N) is 2. The molecule has 4 aromatic rings. The molecule has 0 saturated carbocycles. The Hall–Kier alpha value is -4.27. The van der Waals surface area contributed by atoms with Crippen LogP contribution < -0.4 is 10.6 Å². The zero-order valence-electron chi connectivity index (χ0n) is 17.4. The van der Waals surface area contributed by atoms with Crippen molar-refractivity contribution in [1.82, 2.24) is 15.0 Å². The molecule has 0 aliphatic carbocycles. The summed E-state index contributed by atoms with van der Waals surface area (Å²) in [7, 11) is 0. The molecule has 0 atom stereocenters. The van der Waals surface area contributed by atoms with Crippen LogP contribution in [0.15, 0.2) is 79.3 Å². The number of anilines is 3. The van der Waals surface area contributed by atoms with Gasteiger partial charge in [0.15, 0.2) is 0 Å². The van der Waals surface area contributed by atoms with E-state index in [-0.39, 0.29) is 11.3 Å². The number of nitrogens with zero attached hydrogens (tertiary/aromatic N) is 3. The summed E-state index contributed by atoms with van der Waals surface area (Å²) in [5, 5.41) is 5.61. The molecule has 2 heterocycles. The molecule has 33 heavy (non-hydrogen) atoms. The molecule has 0 aliphatic heterocycles. The number of carbonyl (C=O) groups is 1. The molecule has 0 spiro atoms. The predicted octanol–water partition coefficient (Wildman–Crippen LogP) is 5.86. The minimum atomic E-state index is -4.49. The molecule has 6 nitrogen and oxygen atoms in total. The average Bonchev–Trinajstić information content (AvgIpc) is 2.81. The number of carbonyl (C=O) groups excluding carboxylic acids is 1. The van der Waals surface area contributed by atoms with E-state index in [1.807, 2.05) is 13.0 Å². The van der Waals surface area contributed by atoms with E-state index in [0.717, 1.165) is 23.3 Å². The summed E-state index contributed by atoms with van der Waals surface area (Å²) in [6.07, 6.45) is 0.475. The summed E-state index contributed by atoms with van der Waals surface area (Å²) >= 11 is 0. The zero-order chi connectivity index (χ0) is 23.4. The highest BCUT2D eigenvalue weighted by molar-refractivity contribution is 6.05. The summed E-state index contributed by atoms with van der Waals surface area (Å²) in [6, 6.07) is 14.8. The molecule has 9 heteroatoms. The minimum absolute atomic E-state index is 0.0532. The molecule has 0 saturated heterocycles. The highest BCUT2D eigenvalue weighted by Gasteiger charge is 2.30. The summed E-state index contributed by atoms with van der Waals surface area (Å²) in [4.78, 5) is 25.5. The summed E-state index contributed by atoms with van der Waals surface area (Å²) < 4.78 is 38.8. The van der Waals surface area contributed by atoms with Gasteiger partial charge in [0, 0.05) is 41.1 Å². The second-order valence-corrected chi connectivity index (χ2v) is 7.19. The van der Waals surface area contributed by atoms with E-state index in [0.29, 0.717) is 17.3 Å². The van der Waals surface area contributed by atoms with Crippen LogP contribution in [0.25, 0.3) is 11.3 Å². The van der Waals surface area contributed by atoms with Crippen LogP contribution in [0.5, 0.6) is 0 Å². The van der Waals surface area contributed by atoms with Crippen molar-refractivity contribution in [2.75, 3.05) is 10.6 Å². The number of pyridine rings is 1. The van der Waals surface area contributed by atoms with Crippen molar-refractivity contribution >= 4 is 23.2 Å². The molecule has 166 valence electrons. The highest BCUT2D eigenvalue weighted by Crippen LogP contribution is 2.31. The third-order valence-corrected chi connectivity index (χ3v) is 4.81. The summed E-state index contributed by atoms with van der Waals surface area (Å²) in [5.74, 6) is -0.211. The van der Waals surface area contributed by atoms with E-state index < -0.39 is 17.6 Å². The van der Waals surface area contributed by atoms with Crippen molar-refractivity contribution in [2.45, 2.75) is 13.1 Å². The first-order valence-corrected chi connectivity index (χ1v) is 9.89. The smallest absolute Gasteiger partial charge is 0.324 e. The second-order valence-electron chi connectivity index (χ2n) is 7.19. The molecular weight excluding hydrogens is 431 g/mol. The Balaban J connectivity index is 1.55. The fraction of sp³-hybridized carbons (Fsp3) is 0.0833. The van der Waals surface area contributed by atoms with Gasteiger partial charge in [-0.25, -0.2) is 9.97 Å². The van der Waals surface area contributed by atoms with E-state index in [9.17, 15) is 18.0 Å². The van der Waals surface area contributed by atoms with E-state index in [4.69, 9.17) is 0 Å². The quantitative estimate of drug-likeness (QED) is 0.399. The first-order valence-electron chi connectivity index (χ1n) is 9.89. The van der Waals surface area contributed by atoms with Crippen LogP contribution in [0.3, 0.4) is 0 Å². The Labute approximate surface area is 187 Å². The number of aryl methyl sites for hydroxylation is 1. The normalized spacial score (nSPS) is 11.2. The molecule has 1 amide bonds. The maximum atomic E-state index is 12.9. The fourth-order valence-corrected chi connectivity index (χ4v) is 3.09. The van der Waals surface area contributed by atoms with Gasteiger partial charge in [0.2, 0.25) is 5.95 Å². The SMILES string of the molecule is Cc1ccc(C(=O)Nc2cccc(C(F)(F)F)c2)cc1Nc1nccc(-c2cccnc2)n1. The third kappa shape index (κ3) is 5.32. The van der Waals surface area contributed by atoms with Crippen LogP contribution >= 0.6 is 0 Å². The number of aromatic nitrogens is 3. The molecule has 0 fully saturated rings. The van der Waals surface area contributed by atoms with Crippen molar-refractivity contribution in [2.24, 2.45) is 0 Å². The largest absolute Gasteiger partial charge is 0.416 e. The first kappa shape index (κ1) is 21.9. The van der Waals surface area contributed by atoms with Crippen LogP contribution in [0.2, 0.25) is 0 Å². The third-order valence-electron chi connectivity index (χ3n) is 4.81. The number of rotatable bonds is 5. The van der Waals surface area contributed by atoms with Gasteiger partial charge >= 0.3 is 6.18 Å². The Bertz CT molecular complexity index is 1290. The van der Waals surface area contributed by atoms with E-state index in [2.05, 4.69) is 25.6 Å². The van der Waals surface area contributed by atoms with Gasteiger partial charge in [0.25, 0.3) is 5.91 Å². The van der Waals surface area contributed by atoms with Crippen LogP contribution in [0, 0.1) is 6.92 Å². The van der Waals surface area contributed by atoms with Crippen LogP contribution in [0.1, 0.15) is 21.5 Å². The Morgan fingerprint density at radius 1 is 0.970 bits per heavy atom. The second kappa shape index (κ2) is 9.07. The fourth-order valence-electron chi connectivity index (χ4n) is 3.09. The molecule has 0 radical (unpaired) electrons. The van der Waals surface area contributed by atoms with E-state index >= 15 is 0 Å². The molecule has 2 aromatic heterocycles. The lowest BCUT2D eigenvalue weighted by molar-refractivity contribution is -0.137.